The van der Waals surface area contributed by atoms with E-state index in [1.54, 1.807) is 71.4 Å². The van der Waals surface area contributed by atoms with E-state index in [2.05, 4.69) is 9.97 Å². The Morgan fingerprint density at radius 3 is 2.32 bits per heavy atom. The van der Waals surface area contributed by atoms with Gasteiger partial charge in [0.1, 0.15) is 17.2 Å². The van der Waals surface area contributed by atoms with Crippen molar-refractivity contribution < 1.29 is 23.9 Å². The molecule has 1 aliphatic heterocycles. The van der Waals surface area contributed by atoms with Crippen LogP contribution in [0.1, 0.15) is 53.5 Å². The Morgan fingerprint density at radius 1 is 1.00 bits per heavy atom. The Morgan fingerprint density at radius 2 is 1.71 bits per heavy atom. The van der Waals surface area contributed by atoms with Crippen molar-refractivity contribution in [1.82, 2.24) is 29.2 Å². The molecule has 0 aliphatic carbocycles. The number of carbonyl (C=O) groups excluding carboxylic acids is 3. The zero-order valence-corrected chi connectivity index (χ0v) is 23.3. The molecule has 1 fully saturated rings. The Balaban J connectivity index is 1.84. The van der Waals surface area contributed by atoms with E-state index < -0.39 is 29.4 Å². The first-order valence-corrected chi connectivity index (χ1v) is 12.9. The lowest BCUT2D eigenvalue weighted by atomic mass is 10.1. The largest absolute Gasteiger partial charge is 0.444 e. The molecule has 11 heteroatoms. The summed E-state index contributed by atoms with van der Waals surface area (Å²) in [6.07, 6.45) is 8.29. The molecule has 38 heavy (non-hydrogen) atoms. The second kappa shape index (κ2) is 12.3. The summed E-state index contributed by atoms with van der Waals surface area (Å²) in [4.78, 5) is 53.0. The highest BCUT2D eigenvalue weighted by atomic mass is 16.6. The number of rotatable bonds is 7. The average Bonchev–Trinajstić information content (AvgIpc) is 3.34. The highest BCUT2D eigenvalue weighted by Crippen LogP contribution is 2.21. The maximum atomic E-state index is 14.1. The average molecular weight is 529 g/mol. The van der Waals surface area contributed by atoms with E-state index >= 15 is 0 Å². The van der Waals surface area contributed by atoms with Crippen LogP contribution in [0.2, 0.25) is 0 Å². The Kier molecular flexibility index (Phi) is 9.35. The molecule has 3 heterocycles. The summed E-state index contributed by atoms with van der Waals surface area (Å²) >= 11 is 0. The lowest BCUT2D eigenvalue weighted by molar-refractivity contribution is -0.139. The van der Waals surface area contributed by atoms with E-state index in [1.807, 2.05) is 22.9 Å². The molecular weight excluding hydrogens is 488 g/mol. The van der Waals surface area contributed by atoms with Crippen LogP contribution in [0.25, 0.3) is 0 Å². The van der Waals surface area contributed by atoms with Gasteiger partial charge in [-0.3, -0.25) is 14.7 Å². The van der Waals surface area contributed by atoms with Crippen molar-refractivity contribution in [2.24, 2.45) is 0 Å². The summed E-state index contributed by atoms with van der Waals surface area (Å²) in [5.41, 5.74) is -0.543. The topological polar surface area (TPSA) is 110 Å². The van der Waals surface area contributed by atoms with E-state index in [0.29, 0.717) is 26.1 Å². The predicted molar refractivity (Wildman–Crippen MR) is 141 cm³/mol. The molecule has 0 radical (unpaired) electrons. The van der Waals surface area contributed by atoms with E-state index in [4.69, 9.17) is 9.47 Å². The number of ether oxygens (including phenoxy) is 2. The van der Waals surface area contributed by atoms with Crippen molar-refractivity contribution in [2.45, 2.75) is 78.3 Å². The second-order valence-electron chi connectivity index (χ2n) is 11.4. The van der Waals surface area contributed by atoms with Gasteiger partial charge in [0.25, 0.3) is 0 Å². The molecule has 1 saturated heterocycles. The fourth-order valence-corrected chi connectivity index (χ4v) is 4.08. The van der Waals surface area contributed by atoms with Crippen LogP contribution in [0.3, 0.4) is 0 Å². The van der Waals surface area contributed by atoms with Gasteiger partial charge in [-0.25, -0.2) is 14.6 Å². The quantitative estimate of drug-likeness (QED) is 0.540. The van der Waals surface area contributed by atoms with Gasteiger partial charge in [-0.1, -0.05) is 6.07 Å². The molecule has 3 amide bonds. The fourth-order valence-electron chi connectivity index (χ4n) is 4.08. The Bertz CT molecular complexity index is 1060. The van der Waals surface area contributed by atoms with Gasteiger partial charge in [-0.05, 0) is 59.6 Å². The number of aryl methyl sites for hydroxylation is 1. The van der Waals surface area contributed by atoms with Crippen LogP contribution in [-0.4, -0.2) is 90.8 Å². The number of hydrogen-bond acceptors (Lipinski definition) is 7. The highest BCUT2D eigenvalue weighted by molar-refractivity contribution is 5.87. The molecule has 0 spiro atoms. The zero-order chi connectivity index (χ0) is 27.9. The third kappa shape index (κ3) is 8.74. The summed E-state index contributed by atoms with van der Waals surface area (Å²) in [5.74, 6) is -0.265. The molecule has 1 aliphatic rings. The van der Waals surface area contributed by atoms with Crippen LogP contribution < -0.4 is 0 Å². The fraction of sp³-hybridized carbons (Fsp3) is 0.593. The number of pyridine rings is 1. The molecule has 2 aromatic rings. The molecule has 0 bridgehead atoms. The summed E-state index contributed by atoms with van der Waals surface area (Å²) in [7, 11) is 0. The van der Waals surface area contributed by atoms with Crippen molar-refractivity contribution >= 4 is 18.1 Å². The maximum absolute atomic E-state index is 14.1. The molecule has 2 aromatic heterocycles. The molecule has 11 nitrogen and oxygen atoms in total. The van der Waals surface area contributed by atoms with Gasteiger partial charge >= 0.3 is 12.2 Å². The number of carbonyl (C=O) groups is 3. The van der Waals surface area contributed by atoms with E-state index in [9.17, 15) is 14.4 Å². The van der Waals surface area contributed by atoms with Crippen LogP contribution in [0.5, 0.6) is 0 Å². The van der Waals surface area contributed by atoms with Crippen molar-refractivity contribution in [3.8, 4) is 0 Å². The minimum absolute atomic E-state index is 0.0120. The van der Waals surface area contributed by atoms with Gasteiger partial charge in [0.05, 0.1) is 12.9 Å². The molecule has 0 unspecified atom stereocenters. The number of imidazole rings is 1. The molecule has 3 rings (SSSR count). The third-order valence-electron chi connectivity index (χ3n) is 5.76. The van der Waals surface area contributed by atoms with Gasteiger partial charge in [0.2, 0.25) is 5.91 Å². The van der Waals surface area contributed by atoms with Crippen LogP contribution in [0.4, 0.5) is 9.59 Å². The number of hydrogen-bond donors (Lipinski definition) is 0. The molecule has 208 valence electrons. The SMILES string of the molecule is CC(C)(C)OC(=O)N1CCN(C(=O)OC(C)(C)C)[C@@H](C(=O)N(CCCn2ccnc2)Cc2cccnc2)C1. The molecular formula is C27H40N6O5. The minimum atomic E-state index is -0.920. The van der Waals surface area contributed by atoms with Crippen molar-refractivity contribution in [1.29, 1.82) is 0 Å². The van der Waals surface area contributed by atoms with Crippen molar-refractivity contribution in [3.63, 3.8) is 0 Å². The summed E-state index contributed by atoms with van der Waals surface area (Å²) in [6, 6.07) is 2.81. The van der Waals surface area contributed by atoms with Crippen LogP contribution in [0.15, 0.2) is 43.2 Å². The second-order valence-corrected chi connectivity index (χ2v) is 11.4. The smallest absolute Gasteiger partial charge is 0.411 e. The van der Waals surface area contributed by atoms with E-state index in [0.717, 1.165) is 5.56 Å². The minimum Gasteiger partial charge on any atom is -0.444 e. The van der Waals surface area contributed by atoms with Gasteiger partial charge < -0.3 is 23.8 Å². The maximum Gasteiger partial charge on any atom is 0.411 e. The van der Waals surface area contributed by atoms with Crippen LogP contribution in [0, 0.1) is 0 Å². The number of amides is 3. The molecule has 0 aromatic carbocycles. The zero-order valence-electron chi connectivity index (χ0n) is 23.3. The molecule has 0 saturated carbocycles. The number of piperazine rings is 1. The predicted octanol–water partition coefficient (Wildman–Crippen LogP) is 3.55. The van der Waals surface area contributed by atoms with Gasteiger partial charge in [0, 0.05) is 57.5 Å². The number of nitrogens with zero attached hydrogens (tertiary/aromatic N) is 6. The van der Waals surface area contributed by atoms with Gasteiger partial charge in [0.15, 0.2) is 0 Å². The van der Waals surface area contributed by atoms with Gasteiger partial charge in [-0.15, -0.1) is 0 Å². The lowest BCUT2D eigenvalue weighted by Crippen LogP contribution is -2.62. The van der Waals surface area contributed by atoms with E-state index in [-0.39, 0.29) is 25.5 Å². The summed E-state index contributed by atoms with van der Waals surface area (Å²) in [5, 5.41) is 0. The summed E-state index contributed by atoms with van der Waals surface area (Å²) in [6.45, 7) is 12.6. The Labute approximate surface area is 224 Å². The first-order valence-electron chi connectivity index (χ1n) is 12.9. The normalized spacial score (nSPS) is 16.2. The van der Waals surface area contributed by atoms with E-state index in [1.165, 1.54) is 9.80 Å². The first kappa shape index (κ1) is 28.9. The van der Waals surface area contributed by atoms with Gasteiger partial charge in [-0.2, -0.15) is 0 Å². The number of aromatic nitrogens is 3. The van der Waals surface area contributed by atoms with Crippen molar-refractivity contribution in [3.05, 3.63) is 48.8 Å². The monoisotopic (exact) mass is 528 g/mol. The first-order chi connectivity index (χ1) is 17.8. The third-order valence-corrected chi connectivity index (χ3v) is 5.76. The molecule has 1 atom stereocenters. The standard InChI is InChI=1S/C27H40N6O5/c1-26(2,3)37-24(35)32-15-16-33(25(36)38-27(4,5)6)22(19-32)23(34)31(18-21-9-7-10-28-17-21)13-8-12-30-14-11-29-20-30/h7,9-11,14,17,20,22H,8,12-13,15-16,18-19H2,1-6H3/t22-/m1/s1. The van der Waals surface area contributed by atoms with Crippen molar-refractivity contribution in [2.75, 3.05) is 26.2 Å². The lowest BCUT2D eigenvalue weighted by Gasteiger charge is -2.42. The Hall–Kier alpha value is -3.63. The van der Waals surface area contributed by atoms with Crippen LogP contribution in [-0.2, 0) is 27.4 Å². The molecule has 0 N–H and O–H groups in total. The summed E-state index contributed by atoms with van der Waals surface area (Å²) < 4.78 is 13.1. The highest BCUT2D eigenvalue weighted by Gasteiger charge is 2.41. The van der Waals surface area contributed by atoms with Crippen LogP contribution >= 0.6 is 0 Å².